The molecule has 5 rings (SSSR count). The molecule has 4 nitrogen and oxygen atoms in total. The first kappa shape index (κ1) is 19.5. The Kier molecular flexibility index (Phi) is 5.46. The SMILES string of the molecule is COc1cc2c(cc1OCc1ccccc1)CCNC2/C=C/c1ccc2occc2c1. The van der Waals surface area contributed by atoms with Crippen LogP contribution < -0.4 is 14.8 Å². The van der Waals surface area contributed by atoms with Crippen molar-refractivity contribution in [2.75, 3.05) is 13.7 Å². The number of nitrogens with one attached hydrogen (secondary N) is 1. The average molecular weight is 412 g/mol. The minimum atomic E-state index is 0.126. The first-order valence-electron chi connectivity index (χ1n) is 10.6. The molecule has 1 N–H and O–H groups in total. The fourth-order valence-corrected chi connectivity index (χ4v) is 4.07. The molecule has 1 aliphatic heterocycles. The van der Waals surface area contributed by atoms with Gasteiger partial charge >= 0.3 is 0 Å². The molecule has 2 heterocycles. The maximum Gasteiger partial charge on any atom is 0.161 e. The molecule has 0 spiro atoms. The number of ether oxygens (including phenoxy) is 2. The molecule has 4 heteroatoms. The minimum absolute atomic E-state index is 0.126. The van der Waals surface area contributed by atoms with E-state index < -0.39 is 0 Å². The molecule has 1 atom stereocenters. The van der Waals surface area contributed by atoms with E-state index in [0.717, 1.165) is 46.6 Å². The van der Waals surface area contributed by atoms with E-state index in [0.29, 0.717) is 6.61 Å². The molecule has 1 aliphatic rings. The molecule has 31 heavy (non-hydrogen) atoms. The number of fused-ring (bicyclic) bond motifs is 2. The van der Waals surface area contributed by atoms with E-state index in [-0.39, 0.29) is 6.04 Å². The van der Waals surface area contributed by atoms with E-state index in [1.807, 2.05) is 30.3 Å². The highest BCUT2D eigenvalue weighted by atomic mass is 16.5. The monoisotopic (exact) mass is 411 g/mol. The average Bonchev–Trinajstić information content (AvgIpc) is 3.29. The van der Waals surface area contributed by atoms with Gasteiger partial charge in [0, 0.05) is 11.9 Å². The molecular formula is C27H25NO3. The zero-order chi connectivity index (χ0) is 21.0. The van der Waals surface area contributed by atoms with Crippen LogP contribution in [-0.2, 0) is 13.0 Å². The van der Waals surface area contributed by atoms with E-state index >= 15 is 0 Å². The van der Waals surface area contributed by atoms with Crippen molar-refractivity contribution in [3.8, 4) is 11.5 Å². The molecule has 0 fully saturated rings. The van der Waals surface area contributed by atoms with Gasteiger partial charge in [0.05, 0.1) is 19.4 Å². The molecule has 156 valence electrons. The third-order valence-corrected chi connectivity index (χ3v) is 5.71. The zero-order valence-electron chi connectivity index (χ0n) is 17.5. The van der Waals surface area contributed by atoms with Crippen LogP contribution in [0.25, 0.3) is 17.0 Å². The normalized spacial score (nSPS) is 15.8. The maximum atomic E-state index is 6.11. The molecule has 0 amide bonds. The van der Waals surface area contributed by atoms with E-state index in [2.05, 4.69) is 53.9 Å². The van der Waals surface area contributed by atoms with Gasteiger partial charge in [0.2, 0.25) is 0 Å². The molecular weight excluding hydrogens is 386 g/mol. The Hall–Kier alpha value is -3.50. The molecule has 0 saturated heterocycles. The standard InChI is InChI=1S/C27H25NO3/c1-29-26-17-23-21(16-27(26)31-18-20-5-3-2-4-6-20)11-13-28-24(23)9-7-19-8-10-25-22(15-19)12-14-30-25/h2-10,12,14-17,24,28H,11,13,18H2,1H3/b9-7+. The van der Waals surface area contributed by atoms with Crippen molar-refractivity contribution < 1.29 is 13.9 Å². The molecule has 0 bridgehead atoms. The van der Waals surface area contributed by atoms with Gasteiger partial charge in [0.15, 0.2) is 11.5 Å². The number of benzene rings is 3. The van der Waals surface area contributed by atoms with E-state index in [1.54, 1.807) is 13.4 Å². The number of furan rings is 1. The van der Waals surface area contributed by atoms with Gasteiger partial charge in [0.1, 0.15) is 12.2 Å². The van der Waals surface area contributed by atoms with Gasteiger partial charge in [-0.3, -0.25) is 0 Å². The maximum absolute atomic E-state index is 6.11. The lowest BCUT2D eigenvalue weighted by atomic mass is 9.93. The second kappa shape index (κ2) is 8.70. The quantitative estimate of drug-likeness (QED) is 0.428. The fourth-order valence-electron chi connectivity index (χ4n) is 4.07. The van der Waals surface area contributed by atoms with Gasteiger partial charge in [-0.1, -0.05) is 48.6 Å². The Bertz CT molecular complexity index is 1210. The van der Waals surface area contributed by atoms with Crippen LogP contribution in [0.1, 0.15) is 28.3 Å². The molecule has 1 aromatic heterocycles. The van der Waals surface area contributed by atoms with E-state index in [1.165, 1.54) is 11.1 Å². The third kappa shape index (κ3) is 4.21. The van der Waals surface area contributed by atoms with Crippen LogP contribution in [0.15, 0.2) is 83.5 Å². The first-order valence-corrected chi connectivity index (χ1v) is 10.6. The Morgan fingerprint density at radius 3 is 2.81 bits per heavy atom. The molecule has 0 saturated carbocycles. The van der Waals surface area contributed by atoms with Gasteiger partial charge in [-0.2, -0.15) is 0 Å². The summed E-state index contributed by atoms with van der Waals surface area (Å²) in [5.74, 6) is 1.55. The fraction of sp³-hybridized carbons (Fsp3) is 0.185. The van der Waals surface area contributed by atoms with Crippen molar-refractivity contribution in [2.45, 2.75) is 19.1 Å². The largest absolute Gasteiger partial charge is 0.493 e. The van der Waals surface area contributed by atoms with Crippen molar-refractivity contribution in [1.82, 2.24) is 5.32 Å². The Balaban J connectivity index is 1.39. The van der Waals surface area contributed by atoms with Crippen molar-refractivity contribution in [3.05, 3.63) is 101 Å². The lowest BCUT2D eigenvalue weighted by Gasteiger charge is -2.26. The lowest BCUT2D eigenvalue weighted by Crippen LogP contribution is -2.28. The topological polar surface area (TPSA) is 43.6 Å². The summed E-state index contributed by atoms with van der Waals surface area (Å²) in [5, 5.41) is 4.72. The van der Waals surface area contributed by atoms with Crippen LogP contribution in [0.5, 0.6) is 11.5 Å². The summed E-state index contributed by atoms with van der Waals surface area (Å²) in [6, 6.07) is 22.8. The smallest absolute Gasteiger partial charge is 0.161 e. The number of rotatable bonds is 6. The highest BCUT2D eigenvalue weighted by molar-refractivity contribution is 5.80. The van der Waals surface area contributed by atoms with Gasteiger partial charge in [-0.25, -0.2) is 0 Å². The zero-order valence-corrected chi connectivity index (χ0v) is 17.5. The van der Waals surface area contributed by atoms with E-state index in [4.69, 9.17) is 13.9 Å². The second-order valence-corrected chi connectivity index (χ2v) is 7.73. The van der Waals surface area contributed by atoms with Crippen LogP contribution in [0.2, 0.25) is 0 Å². The number of hydrogen-bond acceptors (Lipinski definition) is 4. The number of hydrogen-bond donors (Lipinski definition) is 1. The van der Waals surface area contributed by atoms with Crippen LogP contribution >= 0.6 is 0 Å². The Labute approximate surface area is 182 Å². The highest BCUT2D eigenvalue weighted by Gasteiger charge is 2.21. The molecule has 1 unspecified atom stereocenters. The Morgan fingerprint density at radius 2 is 1.94 bits per heavy atom. The van der Waals surface area contributed by atoms with Crippen molar-refractivity contribution in [2.24, 2.45) is 0 Å². The molecule has 0 radical (unpaired) electrons. The second-order valence-electron chi connectivity index (χ2n) is 7.73. The Morgan fingerprint density at radius 1 is 1.03 bits per heavy atom. The first-order chi connectivity index (χ1) is 15.3. The predicted molar refractivity (Wildman–Crippen MR) is 123 cm³/mol. The third-order valence-electron chi connectivity index (χ3n) is 5.71. The summed E-state index contributed by atoms with van der Waals surface area (Å²) in [6.07, 6.45) is 7.06. The van der Waals surface area contributed by atoms with Gasteiger partial charge in [-0.05, 0) is 59.0 Å². The summed E-state index contributed by atoms with van der Waals surface area (Å²) < 4.78 is 17.2. The summed E-state index contributed by atoms with van der Waals surface area (Å²) in [5.41, 5.74) is 5.72. The number of methoxy groups -OCH3 is 1. The van der Waals surface area contributed by atoms with Crippen molar-refractivity contribution in [1.29, 1.82) is 0 Å². The van der Waals surface area contributed by atoms with Gasteiger partial charge in [0.25, 0.3) is 0 Å². The van der Waals surface area contributed by atoms with Crippen LogP contribution in [0.4, 0.5) is 0 Å². The van der Waals surface area contributed by atoms with Gasteiger partial charge in [-0.15, -0.1) is 0 Å². The summed E-state index contributed by atoms with van der Waals surface area (Å²) in [7, 11) is 1.69. The lowest BCUT2D eigenvalue weighted by molar-refractivity contribution is 0.283. The highest BCUT2D eigenvalue weighted by Crippen LogP contribution is 2.36. The molecule has 3 aromatic carbocycles. The van der Waals surface area contributed by atoms with Gasteiger partial charge < -0.3 is 19.2 Å². The van der Waals surface area contributed by atoms with Crippen molar-refractivity contribution in [3.63, 3.8) is 0 Å². The predicted octanol–water partition coefficient (Wildman–Crippen LogP) is 5.92. The molecule has 4 aromatic rings. The van der Waals surface area contributed by atoms with Crippen LogP contribution in [0.3, 0.4) is 0 Å². The summed E-state index contributed by atoms with van der Waals surface area (Å²) in [4.78, 5) is 0. The van der Waals surface area contributed by atoms with Crippen LogP contribution in [-0.4, -0.2) is 13.7 Å². The van der Waals surface area contributed by atoms with Crippen molar-refractivity contribution >= 4 is 17.0 Å². The van der Waals surface area contributed by atoms with E-state index in [9.17, 15) is 0 Å². The summed E-state index contributed by atoms with van der Waals surface area (Å²) in [6.45, 7) is 1.45. The van der Waals surface area contributed by atoms with Crippen LogP contribution in [0, 0.1) is 0 Å². The molecule has 0 aliphatic carbocycles. The summed E-state index contributed by atoms with van der Waals surface area (Å²) >= 11 is 0. The minimum Gasteiger partial charge on any atom is -0.493 e.